The van der Waals surface area contributed by atoms with Crippen molar-refractivity contribution in [1.29, 1.82) is 5.26 Å². The van der Waals surface area contributed by atoms with Crippen LogP contribution in [-0.2, 0) is 0 Å². The van der Waals surface area contributed by atoms with E-state index in [0.717, 1.165) is 4.68 Å². The largest absolute Gasteiger partial charge is 0.294 e. The zero-order chi connectivity index (χ0) is 14.0. The molecule has 0 saturated carbocycles. The molecule has 0 aliphatic heterocycles. The van der Waals surface area contributed by atoms with Crippen molar-refractivity contribution in [2.75, 3.05) is 0 Å². The molecule has 0 aliphatic carbocycles. The molecule has 0 radical (unpaired) electrons. The lowest BCUT2D eigenvalue weighted by Crippen LogP contribution is -2.29. The number of benzene rings is 1. The van der Waals surface area contributed by atoms with Crippen molar-refractivity contribution in [2.24, 2.45) is 0 Å². The summed E-state index contributed by atoms with van der Waals surface area (Å²) in [6.07, 6.45) is 0. The molecule has 94 valence electrons. The van der Waals surface area contributed by atoms with Gasteiger partial charge in [0, 0.05) is 5.56 Å². The normalized spacial score (nSPS) is 9.95. The van der Waals surface area contributed by atoms with Crippen LogP contribution < -0.4 is 5.56 Å². The maximum absolute atomic E-state index is 12.3. The highest BCUT2D eigenvalue weighted by Gasteiger charge is 2.18. The monoisotopic (exact) mass is 253 g/mol. The number of carbonyl (C=O) groups is 1. The first kappa shape index (κ1) is 12.7. The first-order valence-electron chi connectivity index (χ1n) is 5.66. The second-order valence-corrected chi connectivity index (χ2v) is 4.07. The van der Waals surface area contributed by atoms with Crippen LogP contribution in [0.1, 0.15) is 28.5 Å². The maximum Gasteiger partial charge on any atom is 0.282 e. The number of hydrogen-bond donors (Lipinski definition) is 0. The third kappa shape index (κ3) is 2.16. The fourth-order valence-electron chi connectivity index (χ4n) is 1.87. The van der Waals surface area contributed by atoms with Crippen molar-refractivity contribution in [3.63, 3.8) is 0 Å². The van der Waals surface area contributed by atoms with Crippen LogP contribution in [0.4, 0.5) is 0 Å². The van der Waals surface area contributed by atoms with E-state index in [1.807, 2.05) is 6.07 Å². The Morgan fingerprint density at radius 2 is 1.95 bits per heavy atom. The zero-order valence-electron chi connectivity index (χ0n) is 10.5. The van der Waals surface area contributed by atoms with Gasteiger partial charge in [-0.25, -0.2) is 0 Å². The average molecular weight is 253 g/mol. The summed E-state index contributed by atoms with van der Waals surface area (Å²) in [5, 5.41) is 13.0. The van der Waals surface area contributed by atoms with Gasteiger partial charge in [0.05, 0.1) is 11.3 Å². The fourth-order valence-corrected chi connectivity index (χ4v) is 1.87. The summed E-state index contributed by atoms with van der Waals surface area (Å²) < 4.78 is 1.09. The summed E-state index contributed by atoms with van der Waals surface area (Å²) in [4.78, 5) is 23.9. The Hall–Kier alpha value is -2.74. The predicted molar refractivity (Wildman–Crippen MR) is 69.3 cm³/mol. The quantitative estimate of drug-likeness (QED) is 0.762. The number of Topliss-reactive ketones (excluding diaryl/α,β-unsaturated/α-hetero) is 1. The van der Waals surface area contributed by atoms with Gasteiger partial charge < -0.3 is 0 Å². The molecule has 5 nitrogen and oxygen atoms in total. The molecule has 0 fully saturated rings. The highest BCUT2D eigenvalue weighted by atomic mass is 16.1. The number of nitrogens with zero attached hydrogens (tertiary/aromatic N) is 3. The summed E-state index contributed by atoms with van der Waals surface area (Å²) in [6, 6.07) is 10.6. The van der Waals surface area contributed by atoms with Crippen molar-refractivity contribution >= 4 is 5.78 Å². The van der Waals surface area contributed by atoms with Crippen LogP contribution in [0.3, 0.4) is 0 Å². The van der Waals surface area contributed by atoms with Gasteiger partial charge in [0.1, 0.15) is 6.07 Å². The molecule has 0 aliphatic rings. The second-order valence-electron chi connectivity index (χ2n) is 4.07. The summed E-state index contributed by atoms with van der Waals surface area (Å²) in [6.45, 7) is 2.86. The SMILES string of the molecule is CC(=O)c1c(C)c(C#N)nn(-c2ccccc2)c1=O. The van der Waals surface area contributed by atoms with Gasteiger partial charge in [0.2, 0.25) is 0 Å². The van der Waals surface area contributed by atoms with E-state index in [1.165, 1.54) is 6.92 Å². The van der Waals surface area contributed by atoms with Gasteiger partial charge in [-0.05, 0) is 26.0 Å². The van der Waals surface area contributed by atoms with Gasteiger partial charge in [-0.15, -0.1) is 0 Å². The maximum atomic E-state index is 12.3. The minimum atomic E-state index is -0.504. The van der Waals surface area contributed by atoms with Crippen LogP contribution in [0.15, 0.2) is 35.1 Å². The lowest BCUT2D eigenvalue weighted by atomic mass is 10.1. The van der Waals surface area contributed by atoms with E-state index in [2.05, 4.69) is 5.10 Å². The summed E-state index contributed by atoms with van der Waals surface area (Å²) in [5.41, 5.74) is 0.429. The first-order valence-corrected chi connectivity index (χ1v) is 5.66. The number of hydrogen-bond acceptors (Lipinski definition) is 4. The molecule has 1 heterocycles. The molecule has 0 unspecified atom stereocenters. The molecule has 0 atom stereocenters. The minimum absolute atomic E-state index is 0.00963. The number of ketones is 1. The number of aromatic nitrogens is 2. The standard InChI is InChI=1S/C14H11N3O2/c1-9-12(8-15)16-17(11-6-4-3-5-7-11)14(19)13(9)10(2)18/h3-7H,1-2H3. The van der Waals surface area contributed by atoms with Gasteiger partial charge in [-0.2, -0.15) is 15.0 Å². The van der Waals surface area contributed by atoms with Crippen LogP contribution in [-0.4, -0.2) is 15.6 Å². The fraction of sp³-hybridized carbons (Fsp3) is 0.143. The molecule has 0 N–H and O–H groups in total. The molecule has 1 aromatic carbocycles. The molecule has 1 aromatic heterocycles. The molecular weight excluding hydrogens is 242 g/mol. The van der Waals surface area contributed by atoms with Crippen molar-refractivity contribution < 1.29 is 4.79 Å². The molecule has 19 heavy (non-hydrogen) atoms. The third-order valence-corrected chi connectivity index (χ3v) is 2.80. The van der Waals surface area contributed by atoms with Gasteiger partial charge in [-0.3, -0.25) is 9.59 Å². The molecule has 0 spiro atoms. The van der Waals surface area contributed by atoms with Crippen molar-refractivity contribution in [3.8, 4) is 11.8 Å². The second kappa shape index (κ2) is 4.86. The van der Waals surface area contributed by atoms with E-state index in [0.29, 0.717) is 11.3 Å². The Kier molecular flexibility index (Phi) is 3.25. The number of para-hydroxylation sites is 1. The third-order valence-electron chi connectivity index (χ3n) is 2.80. The Morgan fingerprint density at radius 3 is 2.47 bits per heavy atom. The Balaban J connectivity index is 2.85. The molecule has 5 heteroatoms. The van der Waals surface area contributed by atoms with Crippen LogP contribution in [0.2, 0.25) is 0 Å². The van der Waals surface area contributed by atoms with E-state index in [9.17, 15) is 9.59 Å². The smallest absolute Gasteiger partial charge is 0.282 e. The molecule has 0 amide bonds. The van der Waals surface area contributed by atoms with Crippen LogP contribution in [0.25, 0.3) is 5.69 Å². The first-order chi connectivity index (χ1) is 9.06. The molecule has 0 saturated heterocycles. The van der Waals surface area contributed by atoms with E-state index in [4.69, 9.17) is 5.26 Å². The van der Waals surface area contributed by atoms with Gasteiger partial charge in [0.15, 0.2) is 11.5 Å². The topological polar surface area (TPSA) is 75.8 Å². The van der Waals surface area contributed by atoms with Gasteiger partial charge in [0.25, 0.3) is 5.56 Å². The van der Waals surface area contributed by atoms with E-state index >= 15 is 0 Å². The number of nitriles is 1. The average Bonchev–Trinajstić information content (AvgIpc) is 2.39. The lowest BCUT2D eigenvalue weighted by molar-refractivity contribution is 0.101. The number of carbonyl (C=O) groups excluding carboxylic acids is 1. The Bertz CT molecular complexity index is 740. The highest BCUT2D eigenvalue weighted by molar-refractivity contribution is 5.95. The number of rotatable bonds is 2. The Labute approximate surface area is 109 Å². The van der Waals surface area contributed by atoms with Gasteiger partial charge >= 0.3 is 0 Å². The van der Waals surface area contributed by atoms with E-state index in [-0.39, 0.29) is 17.0 Å². The lowest BCUT2D eigenvalue weighted by Gasteiger charge is -2.09. The molecular formula is C14H11N3O2. The van der Waals surface area contributed by atoms with Gasteiger partial charge in [-0.1, -0.05) is 18.2 Å². The van der Waals surface area contributed by atoms with Crippen LogP contribution in [0.5, 0.6) is 0 Å². The van der Waals surface area contributed by atoms with E-state index < -0.39 is 5.56 Å². The Morgan fingerprint density at radius 1 is 1.32 bits per heavy atom. The van der Waals surface area contributed by atoms with Crippen molar-refractivity contribution in [1.82, 2.24) is 9.78 Å². The van der Waals surface area contributed by atoms with Crippen molar-refractivity contribution in [2.45, 2.75) is 13.8 Å². The predicted octanol–water partition coefficient (Wildman–Crippen LogP) is 1.62. The molecule has 0 bridgehead atoms. The zero-order valence-corrected chi connectivity index (χ0v) is 10.5. The summed E-state index contributed by atoms with van der Waals surface area (Å²) >= 11 is 0. The molecule has 2 aromatic rings. The summed E-state index contributed by atoms with van der Waals surface area (Å²) in [7, 11) is 0. The van der Waals surface area contributed by atoms with Crippen LogP contribution >= 0.6 is 0 Å². The van der Waals surface area contributed by atoms with E-state index in [1.54, 1.807) is 37.3 Å². The van der Waals surface area contributed by atoms with Crippen LogP contribution in [0, 0.1) is 18.3 Å². The summed E-state index contributed by atoms with van der Waals surface area (Å²) in [5.74, 6) is -0.369. The minimum Gasteiger partial charge on any atom is -0.294 e. The molecule has 2 rings (SSSR count). The highest BCUT2D eigenvalue weighted by Crippen LogP contribution is 2.10. The van der Waals surface area contributed by atoms with Crippen molar-refractivity contribution in [3.05, 3.63) is 57.5 Å².